The lowest BCUT2D eigenvalue weighted by molar-refractivity contribution is 0.102. The molecule has 102 valence electrons. The zero-order valence-corrected chi connectivity index (χ0v) is 11.1. The average Bonchev–Trinajstić information content (AvgIpc) is 2.57. The number of anilines is 1. The van der Waals surface area contributed by atoms with E-state index in [0.29, 0.717) is 11.5 Å². The number of rotatable bonds is 3. The van der Waals surface area contributed by atoms with E-state index in [-0.39, 0.29) is 5.91 Å². The van der Waals surface area contributed by atoms with Gasteiger partial charge in [-0.1, -0.05) is 30.3 Å². The molecule has 1 N–H and O–H groups in total. The number of amides is 1. The molecule has 2 heterocycles. The first-order chi connectivity index (χ1) is 10.3. The van der Waals surface area contributed by atoms with Gasteiger partial charge in [-0.15, -0.1) is 0 Å². The Labute approximate surface area is 121 Å². The van der Waals surface area contributed by atoms with Gasteiger partial charge >= 0.3 is 0 Å². The van der Waals surface area contributed by atoms with E-state index < -0.39 is 0 Å². The van der Waals surface area contributed by atoms with Crippen LogP contribution >= 0.6 is 0 Å². The molecule has 5 nitrogen and oxygen atoms in total. The highest BCUT2D eigenvalue weighted by Crippen LogP contribution is 2.19. The molecule has 0 aliphatic rings. The lowest BCUT2D eigenvalue weighted by atomic mass is 10.1. The molecule has 3 rings (SSSR count). The monoisotopic (exact) mass is 276 g/mol. The molecule has 2 aromatic heterocycles. The van der Waals surface area contributed by atoms with E-state index in [1.165, 1.54) is 12.5 Å². The Bertz CT molecular complexity index is 727. The lowest BCUT2D eigenvalue weighted by Gasteiger charge is -2.05. The summed E-state index contributed by atoms with van der Waals surface area (Å²) in [5.74, 6) is 0.177. The fourth-order valence-corrected chi connectivity index (χ4v) is 1.87. The van der Waals surface area contributed by atoms with Crippen LogP contribution in [0.5, 0.6) is 0 Å². The highest BCUT2D eigenvalue weighted by atomic mass is 16.1. The minimum absolute atomic E-state index is 0.305. The summed E-state index contributed by atoms with van der Waals surface area (Å²) in [5, 5.41) is 2.70. The Kier molecular flexibility index (Phi) is 3.64. The van der Waals surface area contributed by atoms with E-state index in [1.807, 2.05) is 36.4 Å². The summed E-state index contributed by atoms with van der Waals surface area (Å²) in [7, 11) is 0. The number of nitrogens with one attached hydrogen (secondary N) is 1. The van der Waals surface area contributed by atoms with Gasteiger partial charge < -0.3 is 5.32 Å². The molecule has 3 aromatic rings. The molecule has 0 unspecified atom stereocenters. The molecule has 0 radical (unpaired) electrons. The van der Waals surface area contributed by atoms with Crippen molar-refractivity contribution in [1.82, 2.24) is 15.0 Å². The van der Waals surface area contributed by atoms with Crippen LogP contribution in [-0.4, -0.2) is 20.9 Å². The molecule has 1 amide bonds. The Morgan fingerprint density at radius 1 is 0.905 bits per heavy atom. The van der Waals surface area contributed by atoms with Gasteiger partial charge in [-0.3, -0.25) is 4.79 Å². The van der Waals surface area contributed by atoms with Gasteiger partial charge in [0, 0.05) is 18.0 Å². The first-order valence-corrected chi connectivity index (χ1v) is 6.42. The molecule has 0 saturated heterocycles. The summed E-state index contributed by atoms with van der Waals surface area (Å²) in [6.45, 7) is 0. The van der Waals surface area contributed by atoms with E-state index >= 15 is 0 Å². The third kappa shape index (κ3) is 3.09. The summed E-state index contributed by atoms with van der Waals surface area (Å²) in [4.78, 5) is 23.8. The number of nitrogens with zero attached hydrogens (tertiary/aromatic N) is 3. The topological polar surface area (TPSA) is 67.8 Å². The maximum Gasteiger partial charge on any atom is 0.275 e. The number of carbonyl (C=O) groups excluding carboxylic acids is 1. The standard InChI is InChI=1S/C16H12N4O/c21-16(14-8-9-17-11-19-14)20-15-7-6-13(10-18-15)12-4-2-1-3-5-12/h1-11H,(H,18,20,21). The molecular weight excluding hydrogens is 264 g/mol. The second kappa shape index (κ2) is 5.92. The van der Waals surface area contributed by atoms with Crippen molar-refractivity contribution in [2.75, 3.05) is 5.32 Å². The van der Waals surface area contributed by atoms with Crippen molar-refractivity contribution >= 4 is 11.7 Å². The third-order valence-electron chi connectivity index (χ3n) is 2.93. The van der Waals surface area contributed by atoms with Gasteiger partial charge in [-0.05, 0) is 23.8 Å². The molecule has 0 aliphatic heterocycles. The van der Waals surface area contributed by atoms with Crippen molar-refractivity contribution in [3.63, 3.8) is 0 Å². The van der Waals surface area contributed by atoms with Crippen molar-refractivity contribution in [3.05, 3.63) is 72.9 Å². The van der Waals surface area contributed by atoms with Crippen molar-refractivity contribution in [2.24, 2.45) is 0 Å². The van der Waals surface area contributed by atoms with Gasteiger partial charge in [0.2, 0.25) is 0 Å². The van der Waals surface area contributed by atoms with Crippen molar-refractivity contribution in [2.45, 2.75) is 0 Å². The summed E-state index contributed by atoms with van der Waals surface area (Å²) >= 11 is 0. The van der Waals surface area contributed by atoms with Crippen LogP contribution in [0.1, 0.15) is 10.5 Å². The Balaban J connectivity index is 1.75. The van der Waals surface area contributed by atoms with Gasteiger partial charge in [-0.25, -0.2) is 15.0 Å². The molecule has 21 heavy (non-hydrogen) atoms. The molecule has 0 bridgehead atoms. The Morgan fingerprint density at radius 2 is 1.76 bits per heavy atom. The van der Waals surface area contributed by atoms with E-state index in [1.54, 1.807) is 18.3 Å². The van der Waals surface area contributed by atoms with Crippen molar-refractivity contribution in [1.29, 1.82) is 0 Å². The molecule has 0 spiro atoms. The van der Waals surface area contributed by atoms with E-state index in [2.05, 4.69) is 20.3 Å². The number of aromatic nitrogens is 3. The Morgan fingerprint density at radius 3 is 2.43 bits per heavy atom. The van der Waals surface area contributed by atoms with Gasteiger partial charge in [0.15, 0.2) is 0 Å². The average molecular weight is 276 g/mol. The summed E-state index contributed by atoms with van der Waals surface area (Å²) in [6.07, 6.45) is 4.58. The minimum atomic E-state index is -0.308. The van der Waals surface area contributed by atoms with Gasteiger partial charge in [0.25, 0.3) is 5.91 Å². The third-order valence-corrected chi connectivity index (χ3v) is 2.93. The quantitative estimate of drug-likeness (QED) is 0.798. The minimum Gasteiger partial charge on any atom is -0.305 e. The molecule has 0 saturated carbocycles. The smallest absolute Gasteiger partial charge is 0.275 e. The first-order valence-electron chi connectivity index (χ1n) is 6.42. The molecule has 1 aromatic carbocycles. The van der Waals surface area contributed by atoms with Crippen molar-refractivity contribution in [3.8, 4) is 11.1 Å². The Hall–Kier alpha value is -3.08. The van der Waals surface area contributed by atoms with Gasteiger partial charge in [0.1, 0.15) is 17.8 Å². The number of hydrogen-bond donors (Lipinski definition) is 1. The van der Waals surface area contributed by atoms with Crippen LogP contribution in [0.15, 0.2) is 67.3 Å². The fourth-order valence-electron chi connectivity index (χ4n) is 1.87. The van der Waals surface area contributed by atoms with Crippen LogP contribution in [0.2, 0.25) is 0 Å². The number of benzene rings is 1. The molecular formula is C16H12N4O. The SMILES string of the molecule is O=C(Nc1ccc(-c2ccccc2)cn1)c1ccncn1. The van der Waals surface area contributed by atoms with Gasteiger partial charge in [-0.2, -0.15) is 0 Å². The normalized spacial score (nSPS) is 10.1. The maximum absolute atomic E-state index is 11.9. The maximum atomic E-state index is 11.9. The zero-order valence-electron chi connectivity index (χ0n) is 11.1. The van der Waals surface area contributed by atoms with Crippen LogP contribution in [0.4, 0.5) is 5.82 Å². The van der Waals surface area contributed by atoms with Crippen LogP contribution in [-0.2, 0) is 0 Å². The van der Waals surface area contributed by atoms with Crippen LogP contribution in [0.3, 0.4) is 0 Å². The molecule has 0 atom stereocenters. The van der Waals surface area contributed by atoms with Gasteiger partial charge in [0.05, 0.1) is 0 Å². The second-order valence-electron chi connectivity index (χ2n) is 4.35. The first kappa shape index (κ1) is 12.9. The fraction of sp³-hybridized carbons (Fsp3) is 0. The predicted octanol–water partition coefficient (Wildman–Crippen LogP) is 2.79. The highest BCUT2D eigenvalue weighted by Gasteiger charge is 2.07. The van der Waals surface area contributed by atoms with Crippen LogP contribution in [0, 0.1) is 0 Å². The predicted molar refractivity (Wildman–Crippen MR) is 79.7 cm³/mol. The second-order valence-corrected chi connectivity index (χ2v) is 4.35. The van der Waals surface area contributed by atoms with Crippen LogP contribution < -0.4 is 5.32 Å². The summed E-state index contributed by atoms with van der Waals surface area (Å²) in [5.41, 5.74) is 2.38. The van der Waals surface area contributed by atoms with E-state index in [9.17, 15) is 4.79 Å². The van der Waals surface area contributed by atoms with Crippen LogP contribution in [0.25, 0.3) is 11.1 Å². The molecule has 0 fully saturated rings. The molecule has 0 aliphatic carbocycles. The van der Waals surface area contributed by atoms with E-state index in [4.69, 9.17) is 0 Å². The zero-order chi connectivity index (χ0) is 14.5. The summed E-state index contributed by atoms with van der Waals surface area (Å²) < 4.78 is 0. The van der Waals surface area contributed by atoms with E-state index in [0.717, 1.165) is 11.1 Å². The number of carbonyl (C=O) groups is 1. The molecule has 5 heteroatoms. The number of hydrogen-bond acceptors (Lipinski definition) is 4. The van der Waals surface area contributed by atoms with Crippen molar-refractivity contribution < 1.29 is 4.79 Å². The number of pyridine rings is 1. The lowest BCUT2D eigenvalue weighted by Crippen LogP contribution is -2.14. The highest BCUT2D eigenvalue weighted by molar-refractivity contribution is 6.02. The largest absolute Gasteiger partial charge is 0.305 e. The summed E-state index contributed by atoms with van der Waals surface area (Å²) in [6, 6.07) is 15.2.